The Morgan fingerprint density at radius 1 is 1.27 bits per heavy atom. The highest BCUT2D eigenvalue weighted by atomic mass is 16.3. The fourth-order valence-electron chi connectivity index (χ4n) is 3.22. The van der Waals surface area contributed by atoms with Gasteiger partial charge in [0.15, 0.2) is 0 Å². The summed E-state index contributed by atoms with van der Waals surface area (Å²) < 4.78 is 5.55. The van der Waals surface area contributed by atoms with Crippen LogP contribution in [0.15, 0.2) is 40.8 Å². The van der Waals surface area contributed by atoms with Crippen LogP contribution < -0.4 is 10.2 Å². The molecule has 1 N–H and O–H groups in total. The van der Waals surface area contributed by atoms with Crippen molar-refractivity contribution in [3.05, 3.63) is 47.9 Å². The topological polar surface area (TPSA) is 65.8 Å². The Bertz CT molecular complexity index is 782. The van der Waals surface area contributed by atoms with Gasteiger partial charge in [0.05, 0.1) is 6.54 Å². The molecule has 1 aliphatic heterocycles. The Hall–Kier alpha value is -2.76. The van der Waals surface area contributed by atoms with Crippen LogP contribution in [0.1, 0.15) is 38.2 Å². The standard InChI is InChI=1S/C20H25N3O3/c1-4-22(13-18-11-6-15(3)26-18)20(25)21-16-7-9-17(10-8-16)23-14(2)5-12-19(23)24/h6-11,14H,4-5,12-13H2,1-3H3,(H,21,25)/t14-/m0/s1. The average Bonchev–Trinajstić information content (AvgIpc) is 3.18. The molecule has 0 aliphatic carbocycles. The largest absolute Gasteiger partial charge is 0.464 e. The molecular formula is C20H25N3O3. The van der Waals surface area contributed by atoms with Crippen molar-refractivity contribution in [1.82, 2.24) is 4.90 Å². The number of carbonyl (C=O) groups is 2. The van der Waals surface area contributed by atoms with Gasteiger partial charge in [-0.1, -0.05) is 0 Å². The lowest BCUT2D eigenvalue weighted by molar-refractivity contribution is -0.117. The Labute approximate surface area is 153 Å². The maximum Gasteiger partial charge on any atom is 0.322 e. The second-order valence-electron chi connectivity index (χ2n) is 6.65. The van der Waals surface area contributed by atoms with Crippen LogP contribution in [0.4, 0.5) is 16.2 Å². The van der Waals surface area contributed by atoms with Gasteiger partial charge < -0.3 is 19.5 Å². The Kier molecular flexibility index (Phi) is 5.30. The summed E-state index contributed by atoms with van der Waals surface area (Å²) >= 11 is 0. The van der Waals surface area contributed by atoms with Crippen LogP contribution in [0.5, 0.6) is 0 Å². The van der Waals surface area contributed by atoms with Gasteiger partial charge in [0.1, 0.15) is 11.5 Å². The minimum absolute atomic E-state index is 0.153. The second-order valence-corrected chi connectivity index (χ2v) is 6.65. The molecule has 0 radical (unpaired) electrons. The van der Waals surface area contributed by atoms with Crippen LogP contribution in [-0.2, 0) is 11.3 Å². The fraction of sp³-hybridized carbons (Fsp3) is 0.400. The smallest absolute Gasteiger partial charge is 0.322 e. The van der Waals surface area contributed by atoms with E-state index in [2.05, 4.69) is 12.2 Å². The number of amides is 3. The molecule has 1 fully saturated rings. The van der Waals surface area contributed by atoms with Gasteiger partial charge in [-0.2, -0.15) is 0 Å². The van der Waals surface area contributed by atoms with Gasteiger partial charge in [-0.25, -0.2) is 4.79 Å². The lowest BCUT2D eigenvalue weighted by Gasteiger charge is -2.23. The van der Waals surface area contributed by atoms with Crippen molar-refractivity contribution in [1.29, 1.82) is 0 Å². The number of furan rings is 1. The third-order valence-corrected chi connectivity index (χ3v) is 4.69. The molecule has 6 heteroatoms. The van der Waals surface area contributed by atoms with E-state index < -0.39 is 0 Å². The number of hydrogen-bond donors (Lipinski definition) is 1. The summed E-state index contributed by atoms with van der Waals surface area (Å²) in [7, 11) is 0. The molecule has 2 heterocycles. The summed E-state index contributed by atoms with van der Waals surface area (Å²) in [6.45, 7) is 6.86. The van der Waals surface area contributed by atoms with E-state index in [1.54, 1.807) is 4.90 Å². The molecule has 0 saturated carbocycles. The highest BCUT2D eigenvalue weighted by molar-refractivity contribution is 5.96. The van der Waals surface area contributed by atoms with Gasteiger partial charge in [-0.3, -0.25) is 4.79 Å². The predicted octanol–water partition coefficient (Wildman–Crippen LogP) is 4.16. The van der Waals surface area contributed by atoms with E-state index in [1.807, 2.05) is 55.1 Å². The van der Waals surface area contributed by atoms with Crippen molar-refractivity contribution in [2.24, 2.45) is 0 Å². The number of nitrogens with one attached hydrogen (secondary N) is 1. The van der Waals surface area contributed by atoms with E-state index in [4.69, 9.17) is 4.42 Å². The highest BCUT2D eigenvalue weighted by Crippen LogP contribution is 2.27. The van der Waals surface area contributed by atoms with Gasteiger partial charge in [0.25, 0.3) is 0 Å². The number of rotatable bonds is 5. The molecule has 26 heavy (non-hydrogen) atoms. The monoisotopic (exact) mass is 355 g/mol. The first-order valence-corrected chi connectivity index (χ1v) is 9.01. The SMILES string of the molecule is CCN(Cc1ccc(C)o1)C(=O)Nc1ccc(N2C(=O)CC[C@@H]2C)cc1. The van der Waals surface area contributed by atoms with Gasteiger partial charge >= 0.3 is 6.03 Å². The number of urea groups is 1. The Morgan fingerprint density at radius 3 is 2.54 bits per heavy atom. The first-order chi connectivity index (χ1) is 12.5. The normalized spacial score (nSPS) is 16.8. The molecule has 0 bridgehead atoms. The molecule has 3 amide bonds. The first kappa shape index (κ1) is 18.0. The molecular weight excluding hydrogens is 330 g/mol. The molecule has 1 aliphatic rings. The van der Waals surface area contributed by atoms with E-state index in [-0.39, 0.29) is 18.0 Å². The zero-order valence-electron chi connectivity index (χ0n) is 15.5. The lowest BCUT2D eigenvalue weighted by atomic mass is 10.2. The van der Waals surface area contributed by atoms with E-state index in [9.17, 15) is 9.59 Å². The number of anilines is 2. The molecule has 1 aromatic carbocycles. The van der Waals surface area contributed by atoms with Crippen LogP contribution in [0.2, 0.25) is 0 Å². The quantitative estimate of drug-likeness (QED) is 0.876. The summed E-state index contributed by atoms with van der Waals surface area (Å²) in [5, 5.41) is 2.90. The van der Waals surface area contributed by atoms with Gasteiger partial charge in [0.2, 0.25) is 5.91 Å². The van der Waals surface area contributed by atoms with Crippen molar-refractivity contribution in [2.45, 2.75) is 46.2 Å². The molecule has 3 rings (SSSR count). The Morgan fingerprint density at radius 2 is 2.00 bits per heavy atom. The summed E-state index contributed by atoms with van der Waals surface area (Å²) in [5.74, 6) is 1.74. The molecule has 0 spiro atoms. The van der Waals surface area contributed by atoms with E-state index in [0.717, 1.165) is 23.6 Å². The zero-order chi connectivity index (χ0) is 18.7. The third-order valence-electron chi connectivity index (χ3n) is 4.69. The predicted molar refractivity (Wildman–Crippen MR) is 101 cm³/mol. The van der Waals surface area contributed by atoms with Crippen LogP contribution in [0.25, 0.3) is 0 Å². The number of carbonyl (C=O) groups excluding carboxylic acids is 2. The first-order valence-electron chi connectivity index (χ1n) is 9.01. The van der Waals surface area contributed by atoms with Crippen molar-refractivity contribution in [3.8, 4) is 0 Å². The zero-order valence-corrected chi connectivity index (χ0v) is 15.5. The number of aryl methyl sites for hydroxylation is 1. The van der Waals surface area contributed by atoms with Crippen LogP contribution in [0, 0.1) is 6.92 Å². The molecule has 6 nitrogen and oxygen atoms in total. The van der Waals surface area contributed by atoms with E-state index in [0.29, 0.717) is 25.2 Å². The van der Waals surface area contributed by atoms with Crippen LogP contribution >= 0.6 is 0 Å². The summed E-state index contributed by atoms with van der Waals surface area (Å²) in [4.78, 5) is 28.0. The van der Waals surface area contributed by atoms with E-state index in [1.165, 1.54) is 0 Å². The van der Waals surface area contributed by atoms with Crippen molar-refractivity contribution in [3.63, 3.8) is 0 Å². The summed E-state index contributed by atoms with van der Waals surface area (Å²) in [6.07, 6.45) is 1.48. The third kappa shape index (κ3) is 3.90. The Balaban J connectivity index is 1.64. The van der Waals surface area contributed by atoms with Gasteiger partial charge in [-0.15, -0.1) is 0 Å². The lowest BCUT2D eigenvalue weighted by Crippen LogP contribution is -2.34. The molecule has 2 aromatic rings. The van der Waals surface area contributed by atoms with E-state index >= 15 is 0 Å². The molecule has 1 atom stereocenters. The summed E-state index contributed by atoms with van der Waals surface area (Å²) in [5.41, 5.74) is 1.57. The van der Waals surface area contributed by atoms with Crippen molar-refractivity contribution < 1.29 is 14.0 Å². The van der Waals surface area contributed by atoms with Gasteiger partial charge in [-0.05, 0) is 63.6 Å². The molecule has 138 valence electrons. The second kappa shape index (κ2) is 7.64. The average molecular weight is 355 g/mol. The number of nitrogens with zero attached hydrogens (tertiary/aromatic N) is 2. The number of hydrogen-bond acceptors (Lipinski definition) is 3. The van der Waals surface area contributed by atoms with Crippen LogP contribution in [-0.4, -0.2) is 29.4 Å². The highest BCUT2D eigenvalue weighted by Gasteiger charge is 2.28. The molecule has 1 saturated heterocycles. The maximum atomic E-state index is 12.5. The molecule has 1 aromatic heterocycles. The maximum absolute atomic E-state index is 12.5. The number of benzene rings is 1. The summed E-state index contributed by atoms with van der Waals surface area (Å²) in [6, 6.07) is 11.2. The minimum Gasteiger partial charge on any atom is -0.464 e. The van der Waals surface area contributed by atoms with Crippen molar-refractivity contribution in [2.75, 3.05) is 16.8 Å². The van der Waals surface area contributed by atoms with Gasteiger partial charge in [0, 0.05) is 30.4 Å². The molecule has 0 unspecified atom stereocenters. The van der Waals surface area contributed by atoms with Crippen molar-refractivity contribution >= 4 is 23.3 Å². The minimum atomic E-state index is -0.181. The fourth-order valence-corrected chi connectivity index (χ4v) is 3.22. The van der Waals surface area contributed by atoms with Crippen LogP contribution in [0.3, 0.4) is 0 Å².